The van der Waals surface area contributed by atoms with Crippen molar-refractivity contribution in [3.8, 4) is 11.4 Å². The molecule has 1 amide bonds. The number of hydrogen-bond acceptors (Lipinski definition) is 7. The summed E-state index contributed by atoms with van der Waals surface area (Å²) in [5, 5.41) is 7.40. The van der Waals surface area contributed by atoms with Crippen LogP contribution in [0.4, 0.5) is 14.6 Å². The van der Waals surface area contributed by atoms with Crippen LogP contribution in [0.15, 0.2) is 6.33 Å². The van der Waals surface area contributed by atoms with Gasteiger partial charge in [0.25, 0.3) is 0 Å². The number of thiophene rings is 1. The third-order valence-electron chi connectivity index (χ3n) is 3.87. The number of ether oxygens (including phenoxy) is 2. The Kier molecular flexibility index (Phi) is 5.32. The Labute approximate surface area is 149 Å². The van der Waals surface area contributed by atoms with E-state index in [1.165, 1.54) is 22.5 Å². The van der Waals surface area contributed by atoms with Gasteiger partial charge in [-0.1, -0.05) is 0 Å². The van der Waals surface area contributed by atoms with Crippen LogP contribution in [0, 0.1) is 0 Å². The van der Waals surface area contributed by atoms with Crippen LogP contribution in [0.25, 0.3) is 11.4 Å². The van der Waals surface area contributed by atoms with Crippen molar-refractivity contribution in [2.45, 2.75) is 39.5 Å². The molecule has 134 valence electrons. The van der Waals surface area contributed by atoms with E-state index >= 15 is 0 Å². The molecule has 2 heterocycles. The topological polar surface area (TPSA) is 95.3 Å². The van der Waals surface area contributed by atoms with Gasteiger partial charge in [-0.3, -0.25) is 5.32 Å². The first-order valence-corrected chi connectivity index (χ1v) is 9.13. The number of nitrogens with zero attached hydrogens (tertiary/aromatic N) is 3. The summed E-state index contributed by atoms with van der Waals surface area (Å²) in [6.45, 7) is 4.01. The first kappa shape index (κ1) is 17.4. The number of aromatic nitrogens is 3. The van der Waals surface area contributed by atoms with E-state index in [9.17, 15) is 9.59 Å². The Hall–Kier alpha value is -2.42. The number of anilines is 1. The highest BCUT2D eigenvalue weighted by Gasteiger charge is 2.28. The summed E-state index contributed by atoms with van der Waals surface area (Å²) in [4.78, 5) is 29.5. The van der Waals surface area contributed by atoms with Crippen LogP contribution < -0.4 is 5.32 Å². The van der Waals surface area contributed by atoms with Gasteiger partial charge in [0.05, 0.1) is 18.8 Å². The molecule has 1 aliphatic carbocycles. The Morgan fingerprint density at radius 1 is 1.24 bits per heavy atom. The van der Waals surface area contributed by atoms with E-state index in [1.54, 1.807) is 13.8 Å². The highest BCUT2D eigenvalue weighted by atomic mass is 32.1. The molecule has 2 aromatic heterocycles. The molecular weight excluding hydrogens is 344 g/mol. The summed E-state index contributed by atoms with van der Waals surface area (Å²) in [6.07, 6.45) is 4.19. The summed E-state index contributed by atoms with van der Waals surface area (Å²) in [7, 11) is 0. The second-order valence-electron chi connectivity index (χ2n) is 5.45. The van der Waals surface area contributed by atoms with Gasteiger partial charge in [-0.2, -0.15) is 0 Å². The fraction of sp³-hybridized carbons (Fsp3) is 0.500. The van der Waals surface area contributed by atoms with E-state index < -0.39 is 12.2 Å². The van der Waals surface area contributed by atoms with Gasteiger partial charge >= 0.3 is 12.2 Å². The van der Waals surface area contributed by atoms with E-state index in [4.69, 9.17) is 9.47 Å². The molecule has 25 heavy (non-hydrogen) atoms. The molecule has 0 radical (unpaired) electrons. The minimum atomic E-state index is -0.590. The van der Waals surface area contributed by atoms with Crippen LogP contribution in [0.3, 0.4) is 0 Å². The molecular formula is C16H20N4O4S. The zero-order valence-corrected chi connectivity index (χ0v) is 15.0. The maximum atomic E-state index is 12.2. The number of nitrogens with one attached hydrogen (secondary N) is 1. The van der Waals surface area contributed by atoms with Gasteiger partial charge in [-0.15, -0.1) is 21.1 Å². The third kappa shape index (κ3) is 3.51. The molecule has 9 heteroatoms. The van der Waals surface area contributed by atoms with Crippen molar-refractivity contribution < 1.29 is 19.1 Å². The molecule has 0 bridgehead atoms. The summed E-state index contributed by atoms with van der Waals surface area (Å²) in [5.41, 5.74) is 1.85. The first-order valence-electron chi connectivity index (χ1n) is 8.31. The molecule has 0 aliphatic heterocycles. The van der Waals surface area contributed by atoms with Gasteiger partial charge in [0.1, 0.15) is 11.3 Å². The Bertz CT molecular complexity index is 783. The summed E-state index contributed by atoms with van der Waals surface area (Å²) in [6, 6.07) is 0. The number of rotatable bonds is 4. The third-order valence-corrected chi connectivity index (χ3v) is 5.08. The van der Waals surface area contributed by atoms with E-state index in [2.05, 4.69) is 15.4 Å². The maximum absolute atomic E-state index is 12.2. The van der Waals surface area contributed by atoms with Crippen molar-refractivity contribution in [3.05, 3.63) is 16.8 Å². The van der Waals surface area contributed by atoms with Crippen LogP contribution in [0.1, 0.15) is 37.1 Å². The van der Waals surface area contributed by atoms with Gasteiger partial charge in [0.15, 0.2) is 5.82 Å². The van der Waals surface area contributed by atoms with Gasteiger partial charge in [0.2, 0.25) is 0 Å². The van der Waals surface area contributed by atoms with E-state index in [1.807, 2.05) is 0 Å². The molecule has 2 aromatic rings. The average molecular weight is 364 g/mol. The molecule has 0 unspecified atom stereocenters. The van der Waals surface area contributed by atoms with E-state index in [0.29, 0.717) is 10.8 Å². The normalized spacial score (nSPS) is 13.2. The standard InChI is InChI=1S/C16H20N4O4S/c1-3-23-15(21)19-14-12(10-7-5-6-8-11(10)25-14)13-17-9-18-20(13)16(22)24-4-2/h9H,3-8H2,1-2H3,(H,19,21). The van der Waals surface area contributed by atoms with Crippen LogP contribution in [-0.2, 0) is 22.3 Å². The zero-order chi connectivity index (χ0) is 17.8. The van der Waals surface area contributed by atoms with Gasteiger partial charge in [-0.05, 0) is 45.1 Å². The summed E-state index contributed by atoms with van der Waals surface area (Å²) < 4.78 is 11.2. The SMILES string of the molecule is CCOC(=O)Nc1sc2c(c1-c1ncnn1C(=O)OCC)CCCC2. The number of amides is 1. The Morgan fingerprint density at radius 3 is 2.76 bits per heavy atom. The number of fused-ring (bicyclic) bond motifs is 1. The smallest absolute Gasteiger partial charge is 0.436 e. The van der Waals surface area contributed by atoms with Crippen LogP contribution in [0.2, 0.25) is 0 Å². The second-order valence-corrected chi connectivity index (χ2v) is 6.56. The van der Waals surface area contributed by atoms with Crippen molar-refractivity contribution in [1.82, 2.24) is 14.8 Å². The molecule has 3 rings (SSSR count). The summed E-state index contributed by atoms with van der Waals surface area (Å²) >= 11 is 1.50. The van der Waals surface area contributed by atoms with Crippen LogP contribution in [0.5, 0.6) is 0 Å². The number of hydrogen-bond donors (Lipinski definition) is 1. The molecule has 0 saturated heterocycles. The predicted molar refractivity (Wildman–Crippen MR) is 93.0 cm³/mol. The van der Waals surface area contributed by atoms with Crippen molar-refractivity contribution in [1.29, 1.82) is 0 Å². The lowest BCUT2D eigenvalue weighted by molar-refractivity contribution is 0.151. The van der Waals surface area contributed by atoms with Gasteiger partial charge < -0.3 is 9.47 Å². The lowest BCUT2D eigenvalue weighted by Crippen LogP contribution is -2.18. The number of aryl methyl sites for hydroxylation is 1. The largest absolute Gasteiger partial charge is 0.450 e. The maximum Gasteiger partial charge on any atom is 0.436 e. The van der Waals surface area contributed by atoms with Crippen LogP contribution >= 0.6 is 11.3 Å². The van der Waals surface area contributed by atoms with Crippen molar-refractivity contribution in [2.24, 2.45) is 0 Å². The molecule has 1 N–H and O–H groups in total. The molecule has 0 aromatic carbocycles. The minimum Gasteiger partial charge on any atom is -0.450 e. The molecule has 0 saturated carbocycles. The number of carbonyl (C=O) groups is 2. The Morgan fingerprint density at radius 2 is 2.00 bits per heavy atom. The summed E-state index contributed by atoms with van der Waals surface area (Å²) in [5.74, 6) is 0.379. The highest BCUT2D eigenvalue weighted by Crippen LogP contribution is 2.43. The van der Waals surface area contributed by atoms with Crippen molar-refractivity contribution in [2.75, 3.05) is 18.5 Å². The van der Waals surface area contributed by atoms with E-state index in [0.717, 1.165) is 41.5 Å². The van der Waals surface area contributed by atoms with Gasteiger partial charge in [0, 0.05) is 4.88 Å². The van der Waals surface area contributed by atoms with Crippen LogP contribution in [-0.4, -0.2) is 40.2 Å². The fourth-order valence-electron chi connectivity index (χ4n) is 2.88. The number of carbonyl (C=O) groups excluding carboxylic acids is 2. The quantitative estimate of drug-likeness (QED) is 0.893. The van der Waals surface area contributed by atoms with Crippen molar-refractivity contribution >= 4 is 28.5 Å². The first-order chi connectivity index (χ1) is 12.2. The highest BCUT2D eigenvalue weighted by molar-refractivity contribution is 7.17. The molecule has 1 aliphatic rings. The van der Waals surface area contributed by atoms with E-state index in [-0.39, 0.29) is 13.2 Å². The second kappa shape index (κ2) is 7.64. The average Bonchev–Trinajstić information content (AvgIpc) is 3.18. The molecule has 0 atom stereocenters. The monoisotopic (exact) mass is 364 g/mol. The molecule has 0 spiro atoms. The van der Waals surface area contributed by atoms with Gasteiger partial charge in [-0.25, -0.2) is 14.6 Å². The molecule has 0 fully saturated rings. The molecule has 8 nitrogen and oxygen atoms in total. The van der Waals surface area contributed by atoms with Crippen molar-refractivity contribution in [3.63, 3.8) is 0 Å². The lowest BCUT2D eigenvalue weighted by atomic mass is 9.95. The minimum absolute atomic E-state index is 0.244. The predicted octanol–water partition coefficient (Wildman–Crippen LogP) is 3.46. The zero-order valence-electron chi connectivity index (χ0n) is 14.2. The lowest BCUT2D eigenvalue weighted by Gasteiger charge is -2.13. The fourth-order valence-corrected chi connectivity index (χ4v) is 4.15. The Balaban J connectivity index is 2.05.